The van der Waals surface area contributed by atoms with Gasteiger partial charge in [0, 0.05) is 21.0 Å². The van der Waals surface area contributed by atoms with Crippen molar-refractivity contribution < 1.29 is 9.90 Å². The van der Waals surface area contributed by atoms with Crippen LogP contribution in [0.15, 0.2) is 45.6 Å². The van der Waals surface area contributed by atoms with E-state index in [0.717, 1.165) is 26.4 Å². The molecular formula is C14H10N2O2S2. The molecule has 20 heavy (non-hydrogen) atoms. The van der Waals surface area contributed by atoms with Crippen LogP contribution < -0.4 is 0 Å². The molecule has 1 aromatic carbocycles. The topological polar surface area (TPSA) is 63.1 Å². The van der Waals surface area contributed by atoms with Gasteiger partial charge in [-0.25, -0.2) is 4.79 Å². The highest BCUT2D eigenvalue weighted by Gasteiger charge is 2.11. The second-order valence-corrected chi connectivity index (χ2v) is 6.16. The molecule has 4 nitrogen and oxygen atoms in total. The molecule has 0 aliphatic heterocycles. The zero-order valence-electron chi connectivity index (χ0n) is 10.5. The molecule has 0 radical (unpaired) electrons. The lowest BCUT2D eigenvalue weighted by molar-refractivity contribution is 0.0702. The number of fused-ring (bicyclic) bond motifs is 1. The van der Waals surface area contributed by atoms with Gasteiger partial charge in [-0.05, 0) is 13.0 Å². The fourth-order valence-electron chi connectivity index (χ4n) is 1.88. The van der Waals surface area contributed by atoms with E-state index >= 15 is 0 Å². The quantitative estimate of drug-likeness (QED) is 0.796. The van der Waals surface area contributed by atoms with Crippen molar-refractivity contribution in [2.45, 2.75) is 16.8 Å². The molecule has 0 unspecified atom stereocenters. The van der Waals surface area contributed by atoms with Crippen LogP contribution in [0.2, 0.25) is 0 Å². The van der Waals surface area contributed by atoms with Crippen LogP contribution in [-0.2, 0) is 0 Å². The summed E-state index contributed by atoms with van der Waals surface area (Å²) in [5, 5.41) is 22.1. The summed E-state index contributed by atoms with van der Waals surface area (Å²) in [6.45, 7) is 1.93. The molecule has 0 saturated carbocycles. The van der Waals surface area contributed by atoms with Gasteiger partial charge in [0.05, 0.1) is 5.69 Å². The summed E-state index contributed by atoms with van der Waals surface area (Å²) in [5.41, 5.74) is 0.890. The number of hydrogen-bond acceptors (Lipinski definition) is 5. The van der Waals surface area contributed by atoms with Crippen LogP contribution >= 0.6 is 23.1 Å². The van der Waals surface area contributed by atoms with Gasteiger partial charge in [-0.3, -0.25) is 0 Å². The highest BCUT2D eigenvalue weighted by Crippen LogP contribution is 2.34. The summed E-state index contributed by atoms with van der Waals surface area (Å²) < 4.78 is 0. The highest BCUT2D eigenvalue weighted by molar-refractivity contribution is 7.99. The summed E-state index contributed by atoms with van der Waals surface area (Å²) >= 11 is 2.65. The van der Waals surface area contributed by atoms with Crippen LogP contribution in [0, 0.1) is 6.92 Å². The molecule has 0 amide bonds. The van der Waals surface area contributed by atoms with E-state index in [1.807, 2.05) is 36.6 Å². The maximum atomic E-state index is 10.9. The van der Waals surface area contributed by atoms with E-state index in [4.69, 9.17) is 5.11 Å². The van der Waals surface area contributed by atoms with Gasteiger partial charge in [-0.2, -0.15) is 5.10 Å². The third-order valence-corrected chi connectivity index (χ3v) is 4.87. The van der Waals surface area contributed by atoms with Crippen LogP contribution in [0.4, 0.5) is 0 Å². The van der Waals surface area contributed by atoms with Gasteiger partial charge >= 0.3 is 5.97 Å². The third-order valence-electron chi connectivity index (χ3n) is 2.84. The van der Waals surface area contributed by atoms with E-state index in [9.17, 15) is 4.79 Å². The SMILES string of the molecule is Cc1nnc(Sc2csc(C(=O)O)c2)c2ccccc12. The van der Waals surface area contributed by atoms with Crippen LogP contribution in [0.5, 0.6) is 0 Å². The minimum Gasteiger partial charge on any atom is -0.477 e. The summed E-state index contributed by atoms with van der Waals surface area (Å²) in [4.78, 5) is 12.1. The molecule has 0 spiro atoms. The van der Waals surface area contributed by atoms with Gasteiger partial charge in [0.1, 0.15) is 9.90 Å². The molecule has 100 valence electrons. The normalized spacial score (nSPS) is 10.8. The molecule has 6 heteroatoms. The molecule has 3 aromatic rings. The van der Waals surface area contributed by atoms with Gasteiger partial charge < -0.3 is 5.11 Å². The number of aromatic carboxylic acids is 1. The van der Waals surface area contributed by atoms with E-state index in [-0.39, 0.29) is 0 Å². The third kappa shape index (κ3) is 2.39. The molecule has 0 aliphatic carbocycles. The van der Waals surface area contributed by atoms with Crippen molar-refractivity contribution in [1.29, 1.82) is 0 Å². The highest BCUT2D eigenvalue weighted by atomic mass is 32.2. The average molecular weight is 302 g/mol. The van der Waals surface area contributed by atoms with Crippen molar-refractivity contribution in [3.8, 4) is 0 Å². The molecule has 0 saturated heterocycles. The average Bonchev–Trinajstić information content (AvgIpc) is 2.91. The fourth-order valence-corrected chi connectivity index (χ4v) is 3.67. The Kier molecular flexibility index (Phi) is 3.42. The van der Waals surface area contributed by atoms with Gasteiger partial charge in [-0.15, -0.1) is 16.4 Å². The Balaban J connectivity index is 2.02. The summed E-state index contributed by atoms with van der Waals surface area (Å²) in [6, 6.07) is 9.61. The number of aryl methyl sites for hydroxylation is 1. The number of carboxylic acids is 1. The van der Waals surface area contributed by atoms with E-state index in [1.165, 1.54) is 23.1 Å². The van der Waals surface area contributed by atoms with Crippen molar-refractivity contribution in [2.75, 3.05) is 0 Å². The molecule has 1 N–H and O–H groups in total. The van der Waals surface area contributed by atoms with Gasteiger partial charge in [0.2, 0.25) is 0 Å². The number of rotatable bonds is 3. The number of thiophene rings is 1. The number of nitrogens with zero attached hydrogens (tertiary/aromatic N) is 2. The second-order valence-electron chi connectivity index (χ2n) is 4.19. The second kappa shape index (κ2) is 5.22. The molecule has 0 aliphatic rings. The fraction of sp³-hybridized carbons (Fsp3) is 0.0714. The Hall–Kier alpha value is -1.92. The van der Waals surface area contributed by atoms with Crippen LogP contribution in [-0.4, -0.2) is 21.3 Å². The molecule has 0 fully saturated rings. The lowest BCUT2D eigenvalue weighted by Crippen LogP contribution is -1.92. The first-order chi connectivity index (χ1) is 9.65. The first-order valence-electron chi connectivity index (χ1n) is 5.87. The van der Waals surface area contributed by atoms with Crippen molar-refractivity contribution in [3.05, 3.63) is 46.3 Å². The van der Waals surface area contributed by atoms with Gasteiger partial charge in [0.15, 0.2) is 0 Å². The smallest absolute Gasteiger partial charge is 0.345 e. The predicted octanol–water partition coefficient (Wildman–Crippen LogP) is 3.85. The number of hydrogen-bond donors (Lipinski definition) is 1. The summed E-state index contributed by atoms with van der Waals surface area (Å²) in [6.07, 6.45) is 0. The molecule has 2 aromatic heterocycles. The Labute approximate surface area is 123 Å². The van der Waals surface area contributed by atoms with Crippen molar-refractivity contribution in [1.82, 2.24) is 10.2 Å². The Morgan fingerprint density at radius 2 is 2.00 bits per heavy atom. The number of benzene rings is 1. The van der Waals surface area contributed by atoms with Crippen LogP contribution in [0.1, 0.15) is 15.4 Å². The maximum absolute atomic E-state index is 10.9. The minimum absolute atomic E-state index is 0.330. The van der Waals surface area contributed by atoms with E-state index in [1.54, 1.807) is 6.07 Å². The Morgan fingerprint density at radius 3 is 2.70 bits per heavy atom. The maximum Gasteiger partial charge on any atom is 0.345 e. The zero-order valence-corrected chi connectivity index (χ0v) is 12.2. The first-order valence-corrected chi connectivity index (χ1v) is 7.56. The summed E-state index contributed by atoms with van der Waals surface area (Å²) in [7, 11) is 0. The molecule has 2 heterocycles. The standard InChI is InChI=1S/C14H10N2O2S2/c1-8-10-4-2-3-5-11(10)13(16-15-8)20-9-6-12(14(17)18)19-7-9/h2-7H,1H3,(H,17,18). The van der Waals surface area contributed by atoms with Crippen molar-refractivity contribution in [2.24, 2.45) is 0 Å². The first kappa shape index (κ1) is 13.1. The number of carbonyl (C=O) groups is 1. The summed E-state index contributed by atoms with van der Waals surface area (Å²) in [5.74, 6) is -0.901. The monoisotopic (exact) mass is 302 g/mol. The minimum atomic E-state index is -0.901. The van der Waals surface area contributed by atoms with E-state index in [0.29, 0.717) is 4.88 Å². The predicted molar refractivity (Wildman–Crippen MR) is 79.7 cm³/mol. The molecule has 0 atom stereocenters. The lowest BCUT2D eigenvalue weighted by atomic mass is 10.1. The zero-order chi connectivity index (χ0) is 14.1. The van der Waals surface area contributed by atoms with Crippen LogP contribution in [0.3, 0.4) is 0 Å². The molecule has 3 rings (SSSR count). The van der Waals surface area contributed by atoms with E-state index in [2.05, 4.69) is 10.2 Å². The van der Waals surface area contributed by atoms with Crippen molar-refractivity contribution >= 4 is 39.8 Å². The number of carboxylic acid groups (broad SMARTS) is 1. The largest absolute Gasteiger partial charge is 0.477 e. The molecular weight excluding hydrogens is 292 g/mol. The van der Waals surface area contributed by atoms with Crippen molar-refractivity contribution in [3.63, 3.8) is 0 Å². The van der Waals surface area contributed by atoms with Gasteiger partial charge in [0.25, 0.3) is 0 Å². The van der Waals surface area contributed by atoms with Crippen LogP contribution in [0.25, 0.3) is 10.8 Å². The van der Waals surface area contributed by atoms with E-state index < -0.39 is 5.97 Å². The Bertz CT molecular complexity index is 799. The number of aromatic nitrogens is 2. The molecule has 0 bridgehead atoms. The lowest BCUT2D eigenvalue weighted by Gasteiger charge is -2.05. The Morgan fingerprint density at radius 1 is 1.25 bits per heavy atom. The van der Waals surface area contributed by atoms with Gasteiger partial charge in [-0.1, -0.05) is 36.0 Å².